The van der Waals surface area contributed by atoms with E-state index in [0.29, 0.717) is 5.52 Å². The van der Waals surface area contributed by atoms with Gasteiger partial charge in [0.05, 0.1) is 15.9 Å². The minimum atomic E-state index is -4.67. The summed E-state index contributed by atoms with van der Waals surface area (Å²) in [7, 11) is -3.73. The fourth-order valence-electron chi connectivity index (χ4n) is 3.57. The third-order valence-electron chi connectivity index (χ3n) is 5.47. The molecule has 6 nitrogen and oxygen atoms in total. The lowest BCUT2D eigenvalue weighted by molar-refractivity contribution is -0.140. The summed E-state index contributed by atoms with van der Waals surface area (Å²) >= 11 is 0. The Labute approximate surface area is 178 Å². The number of benzene rings is 2. The van der Waals surface area contributed by atoms with Gasteiger partial charge in [-0.05, 0) is 49.2 Å². The largest absolute Gasteiger partial charge is 0.437 e. The third kappa shape index (κ3) is 4.09. The van der Waals surface area contributed by atoms with Crippen molar-refractivity contribution < 1.29 is 21.6 Å². The van der Waals surface area contributed by atoms with Crippen LogP contribution in [0.4, 0.5) is 19.0 Å². The monoisotopic (exact) mass is 450 g/mol. The topological polar surface area (TPSA) is 66.4 Å². The summed E-state index contributed by atoms with van der Waals surface area (Å²) in [6.07, 6.45) is -4.67. The van der Waals surface area contributed by atoms with E-state index in [1.165, 1.54) is 15.3 Å². The number of anilines is 1. The van der Waals surface area contributed by atoms with Crippen LogP contribution >= 0.6 is 0 Å². The van der Waals surface area contributed by atoms with E-state index in [0.717, 1.165) is 11.1 Å². The minimum Gasteiger partial charge on any atom is -0.352 e. The van der Waals surface area contributed by atoms with Gasteiger partial charge in [0.1, 0.15) is 0 Å². The van der Waals surface area contributed by atoms with Gasteiger partial charge >= 0.3 is 6.18 Å². The number of aryl methyl sites for hydroxylation is 2. The lowest BCUT2D eigenvalue weighted by Gasteiger charge is -2.35. The van der Waals surface area contributed by atoms with E-state index in [9.17, 15) is 21.6 Å². The van der Waals surface area contributed by atoms with Crippen LogP contribution in [-0.4, -0.2) is 48.9 Å². The molecule has 4 rings (SSSR count). The smallest absolute Gasteiger partial charge is 0.352 e. The zero-order valence-electron chi connectivity index (χ0n) is 17.0. The SMILES string of the molecule is Cc1ccc(S(=O)(=O)N2CCN(c3nc4ccccc4nc3C(F)(F)F)CC2)cc1C. The molecular formula is C21H21F3N4O2S. The molecule has 0 spiro atoms. The zero-order valence-corrected chi connectivity index (χ0v) is 17.8. The summed E-state index contributed by atoms with van der Waals surface area (Å²) in [5.74, 6) is -0.269. The molecule has 1 aromatic heterocycles. The van der Waals surface area contributed by atoms with E-state index in [-0.39, 0.29) is 42.4 Å². The molecule has 0 atom stereocenters. The van der Waals surface area contributed by atoms with Gasteiger partial charge in [0, 0.05) is 26.2 Å². The van der Waals surface area contributed by atoms with Crippen molar-refractivity contribution in [1.82, 2.24) is 14.3 Å². The molecule has 164 valence electrons. The van der Waals surface area contributed by atoms with Crippen molar-refractivity contribution in [2.75, 3.05) is 31.1 Å². The predicted octanol–water partition coefficient (Wildman–Crippen LogP) is 3.78. The van der Waals surface area contributed by atoms with Crippen LogP contribution < -0.4 is 4.90 Å². The molecular weight excluding hydrogens is 429 g/mol. The number of piperazine rings is 1. The number of alkyl halides is 3. The van der Waals surface area contributed by atoms with Crippen molar-refractivity contribution >= 4 is 26.9 Å². The lowest BCUT2D eigenvalue weighted by Crippen LogP contribution is -2.49. The highest BCUT2D eigenvalue weighted by atomic mass is 32.2. The highest BCUT2D eigenvalue weighted by molar-refractivity contribution is 7.89. The van der Waals surface area contributed by atoms with Crippen LogP contribution in [-0.2, 0) is 16.2 Å². The molecule has 2 heterocycles. The molecule has 0 amide bonds. The first-order valence-corrected chi connectivity index (χ1v) is 11.2. The van der Waals surface area contributed by atoms with Gasteiger partial charge in [-0.15, -0.1) is 0 Å². The first-order valence-electron chi connectivity index (χ1n) is 9.74. The molecule has 0 N–H and O–H groups in total. The average Bonchev–Trinajstić information content (AvgIpc) is 2.74. The zero-order chi connectivity index (χ0) is 22.4. The van der Waals surface area contributed by atoms with Crippen LogP contribution in [0.25, 0.3) is 11.0 Å². The summed E-state index contributed by atoms with van der Waals surface area (Å²) in [5.41, 5.74) is 1.31. The fraction of sp³-hybridized carbons (Fsp3) is 0.333. The first kappa shape index (κ1) is 21.5. The number of rotatable bonds is 3. The van der Waals surface area contributed by atoms with Gasteiger partial charge in [0.2, 0.25) is 10.0 Å². The van der Waals surface area contributed by atoms with Crippen molar-refractivity contribution in [3.05, 3.63) is 59.3 Å². The Morgan fingerprint density at radius 1 is 0.871 bits per heavy atom. The van der Waals surface area contributed by atoms with Gasteiger partial charge in [-0.2, -0.15) is 17.5 Å². The Morgan fingerprint density at radius 3 is 2.06 bits per heavy atom. The quantitative estimate of drug-likeness (QED) is 0.608. The van der Waals surface area contributed by atoms with E-state index in [2.05, 4.69) is 9.97 Å². The van der Waals surface area contributed by atoms with Crippen LogP contribution in [0.15, 0.2) is 47.4 Å². The highest BCUT2D eigenvalue weighted by Crippen LogP contribution is 2.36. The Hall–Kier alpha value is -2.72. The molecule has 3 aromatic rings. The number of para-hydroxylation sites is 2. The van der Waals surface area contributed by atoms with Crippen LogP contribution in [0.5, 0.6) is 0 Å². The molecule has 1 aliphatic heterocycles. The second kappa shape index (κ2) is 7.76. The summed E-state index contributed by atoms with van der Waals surface area (Å²) in [5, 5.41) is 0. The maximum Gasteiger partial charge on any atom is 0.437 e. The number of sulfonamides is 1. The van der Waals surface area contributed by atoms with Gasteiger partial charge in [0.15, 0.2) is 11.5 Å². The van der Waals surface area contributed by atoms with Gasteiger partial charge < -0.3 is 4.90 Å². The number of hydrogen-bond donors (Lipinski definition) is 0. The van der Waals surface area contributed by atoms with Crippen molar-refractivity contribution in [1.29, 1.82) is 0 Å². The summed E-state index contributed by atoms with van der Waals surface area (Å²) in [6, 6.07) is 11.3. The molecule has 1 saturated heterocycles. The lowest BCUT2D eigenvalue weighted by atomic mass is 10.1. The number of nitrogens with zero attached hydrogens (tertiary/aromatic N) is 4. The molecule has 2 aromatic carbocycles. The Morgan fingerprint density at radius 2 is 1.48 bits per heavy atom. The Kier molecular flexibility index (Phi) is 5.38. The van der Waals surface area contributed by atoms with E-state index in [1.54, 1.807) is 36.4 Å². The first-order chi connectivity index (χ1) is 14.6. The maximum atomic E-state index is 13.7. The number of halogens is 3. The second-order valence-corrected chi connectivity index (χ2v) is 9.46. The van der Waals surface area contributed by atoms with Crippen LogP contribution in [0, 0.1) is 13.8 Å². The molecule has 1 fully saturated rings. The highest BCUT2D eigenvalue weighted by Gasteiger charge is 2.39. The third-order valence-corrected chi connectivity index (χ3v) is 7.37. The molecule has 0 radical (unpaired) electrons. The minimum absolute atomic E-state index is 0.0566. The summed E-state index contributed by atoms with van der Waals surface area (Å²) in [4.78, 5) is 9.64. The van der Waals surface area contributed by atoms with Gasteiger partial charge in [-0.1, -0.05) is 18.2 Å². The van der Waals surface area contributed by atoms with E-state index in [1.807, 2.05) is 13.8 Å². The van der Waals surface area contributed by atoms with Crippen LogP contribution in [0.2, 0.25) is 0 Å². The van der Waals surface area contributed by atoms with Crippen LogP contribution in [0.1, 0.15) is 16.8 Å². The van der Waals surface area contributed by atoms with Crippen molar-refractivity contribution in [2.45, 2.75) is 24.9 Å². The number of fused-ring (bicyclic) bond motifs is 1. The van der Waals surface area contributed by atoms with E-state index in [4.69, 9.17) is 0 Å². The molecule has 31 heavy (non-hydrogen) atoms. The predicted molar refractivity (Wildman–Crippen MR) is 111 cm³/mol. The second-order valence-electron chi connectivity index (χ2n) is 7.52. The van der Waals surface area contributed by atoms with Gasteiger partial charge in [0.25, 0.3) is 0 Å². The molecule has 0 aliphatic carbocycles. The van der Waals surface area contributed by atoms with E-state index >= 15 is 0 Å². The van der Waals surface area contributed by atoms with Gasteiger partial charge in [-0.25, -0.2) is 18.4 Å². The molecule has 1 aliphatic rings. The number of hydrogen-bond acceptors (Lipinski definition) is 5. The summed E-state index contributed by atoms with van der Waals surface area (Å²) in [6.45, 7) is 4.01. The van der Waals surface area contributed by atoms with Crippen molar-refractivity contribution in [3.63, 3.8) is 0 Å². The Balaban J connectivity index is 1.61. The van der Waals surface area contributed by atoms with E-state index < -0.39 is 21.9 Å². The maximum absolute atomic E-state index is 13.7. The van der Waals surface area contributed by atoms with Crippen LogP contribution in [0.3, 0.4) is 0 Å². The Bertz CT molecular complexity index is 1240. The number of aromatic nitrogens is 2. The molecule has 0 saturated carbocycles. The average molecular weight is 450 g/mol. The molecule has 10 heteroatoms. The normalized spacial score (nSPS) is 16.1. The van der Waals surface area contributed by atoms with Gasteiger partial charge in [-0.3, -0.25) is 0 Å². The molecule has 0 unspecified atom stereocenters. The standard InChI is InChI=1S/C21H21F3N4O2S/c1-14-7-8-16(13-15(14)2)31(29,30)28-11-9-27(10-12-28)20-19(21(22,23)24)25-17-5-3-4-6-18(17)26-20/h3-8,13H,9-12H2,1-2H3. The summed E-state index contributed by atoms with van der Waals surface area (Å²) < 4.78 is 68.3. The molecule has 0 bridgehead atoms. The van der Waals surface area contributed by atoms with Crippen molar-refractivity contribution in [2.24, 2.45) is 0 Å². The fourth-order valence-corrected chi connectivity index (χ4v) is 5.07. The van der Waals surface area contributed by atoms with Crippen molar-refractivity contribution in [3.8, 4) is 0 Å².